The number of carbonyl (C=O) groups excluding carboxylic acids is 2. The van der Waals surface area contributed by atoms with E-state index in [1.54, 1.807) is 11.8 Å². The summed E-state index contributed by atoms with van der Waals surface area (Å²) in [6.45, 7) is 6.86. The molecule has 0 saturated carbocycles. The van der Waals surface area contributed by atoms with E-state index in [1.807, 2.05) is 48.5 Å². The zero-order valence-corrected chi connectivity index (χ0v) is 17.2. The molecule has 0 aliphatic carbocycles. The van der Waals surface area contributed by atoms with Crippen LogP contribution in [0.4, 0.5) is 17.1 Å². The number of nitrogens with zero attached hydrogens (tertiary/aromatic N) is 2. The van der Waals surface area contributed by atoms with Gasteiger partial charge in [-0.1, -0.05) is 37.3 Å². The zero-order chi connectivity index (χ0) is 20.6. The highest BCUT2D eigenvalue weighted by atomic mass is 16.5. The molecule has 1 fully saturated rings. The third-order valence-electron chi connectivity index (χ3n) is 5.14. The maximum Gasteiger partial charge on any atom is 0.226 e. The van der Waals surface area contributed by atoms with Gasteiger partial charge >= 0.3 is 0 Å². The SMILES string of the molecule is CCc1ccccc1NC(=O)CCN(C(C)=O)c1ccccc1N1CCOCC1. The number of morpholine rings is 1. The van der Waals surface area contributed by atoms with E-state index in [2.05, 4.69) is 17.1 Å². The second-order valence-electron chi connectivity index (χ2n) is 7.07. The molecule has 1 N–H and O–H groups in total. The number of para-hydroxylation sites is 3. The quantitative estimate of drug-likeness (QED) is 0.780. The lowest BCUT2D eigenvalue weighted by atomic mass is 10.1. The molecule has 0 aromatic heterocycles. The highest BCUT2D eigenvalue weighted by Gasteiger charge is 2.21. The van der Waals surface area contributed by atoms with Crippen molar-refractivity contribution in [1.29, 1.82) is 0 Å². The smallest absolute Gasteiger partial charge is 0.226 e. The number of hydrogen-bond acceptors (Lipinski definition) is 4. The summed E-state index contributed by atoms with van der Waals surface area (Å²) in [6.07, 6.45) is 1.08. The molecule has 3 rings (SSSR count). The molecule has 6 heteroatoms. The molecular formula is C23H29N3O3. The van der Waals surface area contributed by atoms with Gasteiger partial charge in [-0.3, -0.25) is 9.59 Å². The fraction of sp³-hybridized carbons (Fsp3) is 0.391. The van der Waals surface area contributed by atoms with Crippen molar-refractivity contribution in [2.24, 2.45) is 0 Å². The summed E-state index contributed by atoms with van der Waals surface area (Å²) in [5.74, 6) is -0.173. The molecule has 29 heavy (non-hydrogen) atoms. The van der Waals surface area contributed by atoms with Gasteiger partial charge in [0.05, 0.1) is 24.6 Å². The number of benzene rings is 2. The van der Waals surface area contributed by atoms with Gasteiger partial charge in [-0.05, 0) is 30.2 Å². The lowest BCUT2D eigenvalue weighted by Crippen LogP contribution is -2.39. The molecule has 1 aliphatic heterocycles. The van der Waals surface area contributed by atoms with Crippen LogP contribution in [0.3, 0.4) is 0 Å². The van der Waals surface area contributed by atoms with Gasteiger partial charge in [0.2, 0.25) is 11.8 Å². The molecule has 0 radical (unpaired) electrons. The summed E-state index contributed by atoms with van der Waals surface area (Å²) in [4.78, 5) is 28.9. The van der Waals surface area contributed by atoms with Crippen LogP contribution >= 0.6 is 0 Å². The van der Waals surface area contributed by atoms with Crippen LogP contribution in [0.1, 0.15) is 25.8 Å². The van der Waals surface area contributed by atoms with E-state index in [-0.39, 0.29) is 18.2 Å². The first-order chi connectivity index (χ1) is 14.1. The largest absolute Gasteiger partial charge is 0.378 e. The van der Waals surface area contributed by atoms with Crippen molar-refractivity contribution >= 4 is 28.9 Å². The third-order valence-corrected chi connectivity index (χ3v) is 5.14. The van der Waals surface area contributed by atoms with E-state index in [0.29, 0.717) is 19.8 Å². The Bertz CT molecular complexity index is 847. The van der Waals surface area contributed by atoms with Crippen molar-refractivity contribution in [2.75, 3.05) is 48.0 Å². The normalized spacial score (nSPS) is 13.8. The minimum atomic E-state index is -0.0963. The molecule has 1 heterocycles. The maximum atomic E-state index is 12.5. The minimum Gasteiger partial charge on any atom is -0.378 e. The molecule has 0 bridgehead atoms. The van der Waals surface area contributed by atoms with Crippen LogP contribution in [0.5, 0.6) is 0 Å². The Kier molecular flexibility index (Phi) is 7.25. The molecule has 2 aromatic carbocycles. The van der Waals surface area contributed by atoms with E-state index in [9.17, 15) is 9.59 Å². The minimum absolute atomic E-state index is 0.0764. The lowest BCUT2D eigenvalue weighted by Gasteiger charge is -2.33. The molecular weight excluding hydrogens is 366 g/mol. The van der Waals surface area contributed by atoms with Crippen LogP contribution in [0.25, 0.3) is 0 Å². The highest BCUT2D eigenvalue weighted by molar-refractivity contribution is 5.97. The van der Waals surface area contributed by atoms with E-state index in [1.165, 1.54) is 0 Å². The number of aryl methyl sites for hydroxylation is 1. The predicted molar refractivity (Wildman–Crippen MR) is 117 cm³/mol. The average Bonchev–Trinajstić information content (AvgIpc) is 2.75. The van der Waals surface area contributed by atoms with Crippen LogP contribution in [0.15, 0.2) is 48.5 Å². The van der Waals surface area contributed by atoms with Gasteiger partial charge in [-0.2, -0.15) is 0 Å². The number of rotatable bonds is 7. The van der Waals surface area contributed by atoms with E-state index in [4.69, 9.17) is 4.74 Å². The van der Waals surface area contributed by atoms with Gasteiger partial charge < -0.3 is 19.9 Å². The summed E-state index contributed by atoms with van der Waals surface area (Å²) in [5, 5.41) is 2.98. The first-order valence-corrected chi connectivity index (χ1v) is 10.2. The van der Waals surface area contributed by atoms with E-state index in [0.717, 1.165) is 42.1 Å². The first-order valence-electron chi connectivity index (χ1n) is 10.2. The maximum absolute atomic E-state index is 12.5. The third kappa shape index (κ3) is 5.35. The summed E-state index contributed by atoms with van der Waals surface area (Å²) >= 11 is 0. The Morgan fingerprint density at radius 1 is 1.07 bits per heavy atom. The average molecular weight is 396 g/mol. The van der Waals surface area contributed by atoms with Crippen LogP contribution < -0.4 is 15.1 Å². The molecule has 1 aliphatic rings. The Morgan fingerprint density at radius 2 is 1.76 bits per heavy atom. The van der Waals surface area contributed by atoms with Crippen LogP contribution in [0, 0.1) is 0 Å². The molecule has 154 valence electrons. The van der Waals surface area contributed by atoms with Gasteiger partial charge in [0.1, 0.15) is 0 Å². The monoisotopic (exact) mass is 395 g/mol. The summed E-state index contributed by atoms with van der Waals surface area (Å²) in [7, 11) is 0. The van der Waals surface area contributed by atoms with Crippen molar-refractivity contribution in [3.05, 3.63) is 54.1 Å². The summed E-state index contributed by atoms with van der Waals surface area (Å²) in [5.41, 5.74) is 3.77. The zero-order valence-electron chi connectivity index (χ0n) is 17.2. The number of hydrogen-bond donors (Lipinski definition) is 1. The Balaban J connectivity index is 1.71. The standard InChI is InChI=1S/C23H29N3O3/c1-3-19-8-4-5-9-20(19)24-23(28)12-13-26(18(2)27)22-11-7-6-10-21(22)25-14-16-29-17-15-25/h4-11H,3,12-17H2,1-2H3,(H,24,28). The van der Waals surface area contributed by atoms with Gasteiger partial charge in [-0.15, -0.1) is 0 Å². The Hall–Kier alpha value is -2.86. The van der Waals surface area contributed by atoms with Crippen LogP contribution in [0.2, 0.25) is 0 Å². The van der Waals surface area contributed by atoms with Gasteiger partial charge in [-0.25, -0.2) is 0 Å². The number of amides is 2. The van der Waals surface area contributed by atoms with Crippen molar-refractivity contribution < 1.29 is 14.3 Å². The molecule has 0 atom stereocenters. The van der Waals surface area contributed by atoms with E-state index < -0.39 is 0 Å². The number of anilines is 3. The first kappa shape index (κ1) is 20.9. The molecule has 2 aromatic rings. The Labute approximate surface area is 172 Å². The van der Waals surface area contributed by atoms with E-state index >= 15 is 0 Å². The van der Waals surface area contributed by atoms with Crippen molar-refractivity contribution in [2.45, 2.75) is 26.7 Å². The van der Waals surface area contributed by atoms with Gasteiger partial charge in [0.25, 0.3) is 0 Å². The topological polar surface area (TPSA) is 61.9 Å². The Morgan fingerprint density at radius 3 is 2.48 bits per heavy atom. The van der Waals surface area contributed by atoms with Crippen LogP contribution in [-0.4, -0.2) is 44.7 Å². The van der Waals surface area contributed by atoms with Crippen molar-refractivity contribution in [3.63, 3.8) is 0 Å². The van der Waals surface area contributed by atoms with Gasteiger partial charge in [0.15, 0.2) is 0 Å². The van der Waals surface area contributed by atoms with Crippen molar-refractivity contribution in [1.82, 2.24) is 0 Å². The molecule has 6 nitrogen and oxygen atoms in total. The molecule has 0 spiro atoms. The molecule has 1 saturated heterocycles. The predicted octanol–water partition coefficient (Wildman–Crippen LogP) is 3.47. The van der Waals surface area contributed by atoms with Gasteiger partial charge in [0, 0.05) is 38.7 Å². The van der Waals surface area contributed by atoms with Crippen LogP contribution in [-0.2, 0) is 20.7 Å². The molecule has 2 amide bonds. The fourth-order valence-corrected chi connectivity index (χ4v) is 3.59. The van der Waals surface area contributed by atoms with Crippen molar-refractivity contribution in [3.8, 4) is 0 Å². The summed E-state index contributed by atoms with van der Waals surface area (Å²) in [6, 6.07) is 15.7. The summed E-state index contributed by atoms with van der Waals surface area (Å²) < 4.78 is 5.45. The second-order valence-corrected chi connectivity index (χ2v) is 7.07. The number of ether oxygens (including phenoxy) is 1. The number of nitrogens with one attached hydrogen (secondary N) is 1. The fourth-order valence-electron chi connectivity index (χ4n) is 3.59. The number of carbonyl (C=O) groups is 2. The second kappa shape index (κ2) is 10.1. The molecule has 0 unspecified atom stereocenters. The highest BCUT2D eigenvalue weighted by Crippen LogP contribution is 2.30. The lowest BCUT2D eigenvalue weighted by molar-refractivity contribution is -0.117.